The molecule has 1 N–H and O–H groups in total. The monoisotopic (exact) mass is 239 g/mol. The van der Waals surface area contributed by atoms with Crippen LogP contribution in [-0.4, -0.2) is 18.6 Å². The third kappa shape index (κ3) is 2.36. The van der Waals surface area contributed by atoms with Gasteiger partial charge < -0.3 is 10.1 Å². The maximum absolute atomic E-state index is 11.6. The average molecular weight is 240 g/mol. The molecule has 3 nitrogen and oxygen atoms in total. The van der Waals surface area contributed by atoms with Gasteiger partial charge >= 0.3 is 5.97 Å². The van der Waals surface area contributed by atoms with Crippen molar-refractivity contribution in [2.45, 2.75) is 25.9 Å². The number of nitrogens with one attached hydrogen (secondary N) is 1. The van der Waals surface area contributed by atoms with Crippen molar-refractivity contribution in [3.05, 3.63) is 34.3 Å². The minimum Gasteiger partial charge on any atom is -0.465 e. The molecule has 0 unspecified atom stereocenters. The predicted octanol–water partition coefficient (Wildman–Crippen LogP) is 1.92. The number of carbonyl (C=O) groups is 1. The first kappa shape index (κ1) is 11.4. The van der Waals surface area contributed by atoms with Crippen LogP contribution in [0.5, 0.6) is 0 Å². The Morgan fingerprint density at radius 1 is 1.56 bits per heavy atom. The Balaban J connectivity index is 2.12. The largest absolute Gasteiger partial charge is 0.465 e. The fourth-order valence-corrected chi connectivity index (χ4v) is 2.09. The van der Waals surface area contributed by atoms with Crippen LogP contribution >= 0.6 is 11.6 Å². The molecule has 0 spiro atoms. The standard InChI is InChI=1S/C12H14ClNO2/c1-2-16-12(15)11-6-8-3-4-10(13)5-9(8)7-14-11/h3-5,11,14H,2,6-7H2,1H3/t11-/m0/s1. The van der Waals surface area contributed by atoms with Gasteiger partial charge in [-0.1, -0.05) is 17.7 Å². The van der Waals surface area contributed by atoms with Crippen LogP contribution in [0.2, 0.25) is 5.02 Å². The summed E-state index contributed by atoms with van der Waals surface area (Å²) >= 11 is 5.91. The van der Waals surface area contributed by atoms with Gasteiger partial charge in [0.05, 0.1) is 6.61 Å². The van der Waals surface area contributed by atoms with Crippen molar-refractivity contribution in [2.24, 2.45) is 0 Å². The van der Waals surface area contributed by atoms with Crippen LogP contribution in [0.15, 0.2) is 18.2 Å². The van der Waals surface area contributed by atoms with E-state index in [0.717, 1.165) is 10.6 Å². The lowest BCUT2D eigenvalue weighted by Gasteiger charge is -2.24. The molecule has 0 amide bonds. The number of hydrogen-bond acceptors (Lipinski definition) is 3. The summed E-state index contributed by atoms with van der Waals surface area (Å²) in [7, 11) is 0. The first-order valence-corrected chi connectivity index (χ1v) is 5.76. The van der Waals surface area contributed by atoms with Crippen molar-refractivity contribution < 1.29 is 9.53 Å². The summed E-state index contributed by atoms with van der Waals surface area (Å²) < 4.78 is 4.99. The van der Waals surface area contributed by atoms with Crippen molar-refractivity contribution in [1.29, 1.82) is 0 Å². The third-order valence-electron chi connectivity index (χ3n) is 2.70. The zero-order chi connectivity index (χ0) is 11.5. The molecule has 1 aliphatic heterocycles. The second-order valence-corrected chi connectivity index (χ2v) is 4.24. The number of fused-ring (bicyclic) bond motifs is 1. The summed E-state index contributed by atoms with van der Waals surface area (Å²) in [6.07, 6.45) is 0.672. The molecule has 0 aromatic heterocycles. The van der Waals surface area contributed by atoms with E-state index in [9.17, 15) is 4.79 Å². The SMILES string of the molecule is CCOC(=O)[C@@H]1Cc2ccc(Cl)cc2CN1. The maximum Gasteiger partial charge on any atom is 0.323 e. The predicted molar refractivity (Wildman–Crippen MR) is 62.4 cm³/mol. The molecule has 1 heterocycles. The molecule has 1 aliphatic rings. The molecule has 4 heteroatoms. The van der Waals surface area contributed by atoms with Crippen LogP contribution in [-0.2, 0) is 22.5 Å². The van der Waals surface area contributed by atoms with Crippen molar-refractivity contribution in [3.8, 4) is 0 Å². The molecule has 0 bridgehead atoms. The molecule has 0 aliphatic carbocycles. The molecule has 1 aromatic carbocycles. The fourth-order valence-electron chi connectivity index (χ4n) is 1.89. The molecule has 86 valence electrons. The minimum atomic E-state index is -0.228. The van der Waals surface area contributed by atoms with Gasteiger partial charge in [-0.25, -0.2) is 0 Å². The van der Waals surface area contributed by atoms with Crippen molar-refractivity contribution in [2.75, 3.05) is 6.61 Å². The zero-order valence-electron chi connectivity index (χ0n) is 9.13. The lowest BCUT2D eigenvalue weighted by molar-refractivity contribution is -0.145. The van der Waals surface area contributed by atoms with Gasteiger partial charge in [0.15, 0.2) is 0 Å². The van der Waals surface area contributed by atoms with Gasteiger partial charge in [-0.15, -0.1) is 0 Å². The molecule has 1 aromatic rings. The van der Waals surface area contributed by atoms with E-state index < -0.39 is 0 Å². The second kappa shape index (κ2) is 4.85. The Morgan fingerprint density at radius 2 is 2.38 bits per heavy atom. The molecular weight excluding hydrogens is 226 g/mol. The molecule has 2 rings (SSSR count). The summed E-state index contributed by atoms with van der Waals surface area (Å²) in [5.41, 5.74) is 2.33. The number of benzene rings is 1. The van der Waals surface area contributed by atoms with Gasteiger partial charge in [0.25, 0.3) is 0 Å². The highest BCUT2D eigenvalue weighted by Gasteiger charge is 2.24. The normalized spacial score (nSPS) is 19.0. The van der Waals surface area contributed by atoms with E-state index in [4.69, 9.17) is 16.3 Å². The number of carbonyl (C=O) groups excluding carboxylic acids is 1. The quantitative estimate of drug-likeness (QED) is 0.802. The van der Waals surface area contributed by atoms with E-state index in [-0.39, 0.29) is 12.0 Å². The Bertz CT molecular complexity index is 406. The molecule has 1 atom stereocenters. The van der Waals surface area contributed by atoms with E-state index in [1.165, 1.54) is 5.56 Å². The number of halogens is 1. The third-order valence-corrected chi connectivity index (χ3v) is 2.94. The van der Waals surface area contributed by atoms with Crippen LogP contribution in [0, 0.1) is 0 Å². The lowest BCUT2D eigenvalue weighted by atomic mass is 9.96. The van der Waals surface area contributed by atoms with E-state index >= 15 is 0 Å². The summed E-state index contributed by atoms with van der Waals surface area (Å²) in [6.45, 7) is 2.90. The van der Waals surface area contributed by atoms with E-state index in [0.29, 0.717) is 19.6 Å². The van der Waals surface area contributed by atoms with E-state index in [1.807, 2.05) is 25.1 Å². The minimum absolute atomic E-state index is 0.178. The van der Waals surface area contributed by atoms with Gasteiger partial charge in [0.2, 0.25) is 0 Å². The van der Waals surface area contributed by atoms with Gasteiger partial charge in [-0.2, -0.15) is 0 Å². The number of ether oxygens (including phenoxy) is 1. The van der Waals surface area contributed by atoms with Crippen molar-refractivity contribution in [3.63, 3.8) is 0 Å². The summed E-state index contributed by atoms with van der Waals surface area (Å²) in [4.78, 5) is 11.6. The second-order valence-electron chi connectivity index (χ2n) is 3.80. The molecule has 16 heavy (non-hydrogen) atoms. The fraction of sp³-hybridized carbons (Fsp3) is 0.417. The summed E-state index contributed by atoms with van der Waals surface area (Å²) in [6, 6.07) is 5.54. The molecular formula is C12H14ClNO2. The highest BCUT2D eigenvalue weighted by atomic mass is 35.5. The van der Waals surface area contributed by atoms with Crippen LogP contribution < -0.4 is 5.32 Å². The molecule has 0 saturated heterocycles. The average Bonchev–Trinajstić information content (AvgIpc) is 2.28. The van der Waals surface area contributed by atoms with E-state index in [2.05, 4.69) is 5.32 Å². The highest BCUT2D eigenvalue weighted by Crippen LogP contribution is 2.21. The number of rotatable bonds is 2. The lowest BCUT2D eigenvalue weighted by Crippen LogP contribution is -2.42. The molecule has 0 saturated carbocycles. The zero-order valence-corrected chi connectivity index (χ0v) is 9.88. The van der Waals surface area contributed by atoms with Gasteiger partial charge in [0.1, 0.15) is 6.04 Å². The topological polar surface area (TPSA) is 38.3 Å². The van der Waals surface area contributed by atoms with Crippen molar-refractivity contribution >= 4 is 17.6 Å². The van der Waals surface area contributed by atoms with Gasteiger partial charge in [-0.05, 0) is 36.6 Å². The summed E-state index contributed by atoms with van der Waals surface area (Å²) in [5.74, 6) is -0.178. The number of esters is 1. The smallest absolute Gasteiger partial charge is 0.323 e. The van der Waals surface area contributed by atoms with Crippen LogP contribution in [0.4, 0.5) is 0 Å². The highest BCUT2D eigenvalue weighted by molar-refractivity contribution is 6.30. The number of hydrogen-bond donors (Lipinski definition) is 1. The Labute approximate surface area is 99.7 Å². The summed E-state index contributed by atoms with van der Waals surface area (Å²) in [5, 5.41) is 3.89. The molecule has 0 fully saturated rings. The first-order chi connectivity index (χ1) is 7.70. The van der Waals surface area contributed by atoms with Crippen molar-refractivity contribution in [1.82, 2.24) is 5.32 Å². The molecule has 0 radical (unpaired) electrons. The maximum atomic E-state index is 11.6. The Morgan fingerprint density at radius 3 is 3.12 bits per heavy atom. The Kier molecular flexibility index (Phi) is 3.46. The van der Waals surface area contributed by atoms with Crippen LogP contribution in [0.3, 0.4) is 0 Å². The van der Waals surface area contributed by atoms with Gasteiger partial charge in [-0.3, -0.25) is 4.79 Å². The van der Waals surface area contributed by atoms with E-state index in [1.54, 1.807) is 0 Å². The van der Waals surface area contributed by atoms with Crippen LogP contribution in [0.25, 0.3) is 0 Å². The Hall–Kier alpha value is -1.06. The van der Waals surface area contributed by atoms with Crippen LogP contribution in [0.1, 0.15) is 18.1 Å². The first-order valence-electron chi connectivity index (χ1n) is 5.38. The van der Waals surface area contributed by atoms with Gasteiger partial charge in [0, 0.05) is 11.6 Å².